The number of rotatable bonds is 8. The van der Waals surface area contributed by atoms with Gasteiger partial charge >= 0.3 is 5.97 Å². The van der Waals surface area contributed by atoms with E-state index in [9.17, 15) is 33.6 Å². The molecule has 3 rings (SSSR count). The van der Waals surface area contributed by atoms with E-state index in [1.807, 2.05) is 50.3 Å². The first kappa shape index (κ1) is 66.9. The van der Waals surface area contributed by atoms with Gasteiger partial charge in [0.2, 0.25) is 47.3 Å². The van der Waals surface area contributed by atoms with E-state index >= 15 is 9.59 Å². The molecular weight excluding hydrogens is 1010 g/mol. The Morgan fingerprint density at radius 3 is 1.86 bits per heavy atom. The number of carbonyl (C=O) groups is 9. The molecule has 2 aliphatic heterocycles. The van der Waals surface area contributed by atoms with Crippen molar-refractivity contribution in [3.05, 3.63) is 71.8 Å². The maximum absolute atomic E-state index is 15.1. The number of esters is 1. The zero-order valence-electron chi connectivity index (χ0n) is 50.2. The minimum absolute atomic E-state index is 0.0751. The molecule has 79 heavy (non-hydrogen) atoms. The summed E-state index contributed by atoms with van der Waals surface area (Å²) in [5.41, 5.74) is 1.13. The first-order valence-corrected chi connectivity index (χ1v) is 28.1. The molecule has 0 spiro atoms. The second-order valence-electron chi connectivity index (χ2n) is 22.4. The van der Waals surface area contributed by atoms with Gasteiger partial charge in [-0.1, -0.05) is 102 Å². The molecule has 2 heterocycles. The molecule has 1 aromatic carbocycles. The van der Waals surface area contributed by atoms with Crippen molar-refractivity contribution in [3.63, 3.8) is 0 Å². The summed E-state index contributed by atoms with van der Waals surface area (Å²) in [7, 11) is 10.4. The summed E-state index contributed by atoms with van der Waals surface area (Å²) in [4.78, 5) is 137. The van der Waals surface area contributed by atoms with Crippen LogP contribution in [0, 0.1) is 17.8 Å². The molecule has 19 heteroatoms. The average Bonchev–Trinajstić information content (AvgIpc) is 3.99. The van der Waals surface area contributed by atoms with Gasteiger partial charge in [0.1, 0.15) is 42.3 Å². The third-order valence-electron chi connectivity index (χ3n) is 15.4. The summed E-state index contributed by atoms with van der Waals surface area (Å²) in [6.45, 7) is 15.9. The summed E-state index contributed by atoms with van der Waals surface area (Å²) in [6.07, 6.45) is 13.6. The average molecular weight is 1100 g/mol. The van der Waals surface area contributed by atoms with E-state index in [0.717, 1.165) is 31.2 Å². The fraction of sp³-hybridized carbons (Fsp3) is 0.650. The molecule has 2 N–H and O–H groups in total. The Labute approximate surface area is 470 Å². The molecule has 2 aliphatic rings. The van der Waals surface area contributed by atoms with Crippen LogP contribution in [0.25, 0.3) is 0 Å². The number of nitrogens with one attached hydrogen (secondary N) is 2. The molecule has 8 amide bonds. The van der Waals surface area contributed by atoms with Crippen LogP contribution < -0.4 is 10.6 Å². The van der Waals surface area contributed by atoms with Gasteiger partial charge in [0, 0.05) is 67.9 Å². The van der Waals surface area contributed by atoms with Crippen molar-refractivity contribution in [1.29, 1.82) is 0 Å². The molecule has 440 valence electrons. The normalized spacial score (nSPS) is 26.7. The van der Waals surface area contributed by atoms with E-state index in [0.29, 0.717) is 24.8 Å². The lowest BCUT2D eigenvalue weighted by molar-refractivity contribution is -0.160. The minimum Gasteiger partial charge on any atom is -0.461 e. The fourth-order valence-electron chi connectivity index (χ4n) is 10.2. The van der Waals surface area contributed by atoms with Gasteiger partial charge in [0.25, 0.3) is 0 Å². The number of likely N-dealkylation sites (N-methyl/N-ethyl adjacent to an activating group) is 5. The summed E-state index contributed by atoms with van der Waals surface area (Å²) in [5.74, 6) is -6.31. The van der Waals surface area contributed by atoms with Crippen molar-refractivity contribution < 1.29 is 52.6 Å². The Morgan fingerprint density at radius 2 is 1.27 bits per heavy atom. The third kappa shape index (κ3) is 18.6. The predicted molar refractivity (Wildman–Crippen MR) is 305 cm³/mol. The highest BCUT2D eigenvalue weighted by Gasteiger charge is 2.46. The van der Waals surface area contributed by atoms with Crippen LogP contribution in [0.1, 0.15) is 126 Å². The molecule has 9 atom stereocenters. The number of benzene rings is 1. The zero-order valence-corrected chi connectivity index (χ0v) is 50.2. The molecule has 19 nitrogen and oxygen atoms in total. The zero-order chi connectivity index (χ0) is 59.4. The molecule has 1 aromatic rings. The Hall–Kier alpha value is -6.37. The lowest BCUT2D eigenvalue weighted by atomic mass is 9.95. The maximum atomic E-state index is 15.1. The second-order valence-corrected chi connectivity index (χ2v) is 22.4. The monoisotopic (exact) mass is 1100 g/mol. The Balaban J connectivity index is 2.12. The Kier molecular flexibility index (Phi) is 27.1. The number of carbonyl (C=O) groups excluding carboxylic acids is 9. The molecule has 0 saturated carbocycles. The second kappa shape index (κ2) is 32.0. The van der Waals surface area contributed by atoms with Gasteiger partial charge in [-0.25, -0.2) is 4.79 Å². The molecule has 1 fully saturated rings. The lowest BCUT2D eigenvalue weighted by Gasteiger charge is -2.41. The van der Waals surface area contributed by atoms with Crippen LogP contribution in [0.5, 0.6) is 0 Å². The van der Waals surface area contributed by atoms with E-state index in [-0.39, 0.29) is 31.4 Å². The van der Waals surface area contributed by atoms with Gasteiger partial charge in [0.15, 0.2) is 0 Å². The first-order valence-electron chi connectivity index (χ1n) is 28.1. The van der Waals surface area contributed by atoms with Crippen LogP contribution in [0.4, 0.5) is 0 Å². The van der Waals surface area contributed by atoms with Crippen molar-refractivity contribution in [3.8, 4) is 0 Å². The summed E-state index contributed by atoms with van der Waals surface area (Å²) in [5, 5.41) is 5.44. The molecule has 0 aromatic heterocycles. The quantitative estimate of drug-likeness (QED) is 0.251. The topological polar surface area (TPSA) is 216 Å². The number of cyclic esters (lactones) is 1. The standard InChI is InChI=1S/C60H94N8O11/c1-38(2)50-57(74)65(13)47(36-44-30-22-20-23-31-44)56(73)66(14)51(39(3)4)58(75)67(15)52(40(5)6)59(76)68-35-27-34-46(68)54(71)64(12)48(37-49(69)61-10)55(72)63(11)43(9)60(77)79-42(8)29-21-18-17-19-24-32-45(78-16)33-26-25-28-41(7)53(70)62-50/h17,19-20,22-23,25-26,28,30-31,38-40,42-43,45-48,50-52H,18,21,24,27,29,32-37H2,1-16H3,(H,61,69)(H,62,70)/t42?,43-,45?,46+,47+,48+,50-,51+,52+/m1/s1. The van der Waals surface area contributed by atoms with Gasteiger partial charge in [-0.2, -0.15) is 0 Å². The first-order chi connectivity index (χ1) is 37.2. The van der Waals surface area contributed by atoms with Crippen molar-refractivity contribution >= 4 is 53.2 Å². The molecule has 0 bridgehead atoms. The third-order valence-corrected chi connectivity index (χ3v) is 15.4. The molecule has 0 aliphatic carbocycles. The largest absolute Gasteiger partial charge is 0.461 e. The van der Waals surface area contributed by atoms with Gasteiger partial charge in [-0.15, -0.1) is 0 Å². The molecule has 2 unspecified atom stereocenters. The van der Waals surface area contributed by atoms with Crippen LogP contribution in [0.15, 0.2) is 66.3 Å². The Morgan fingerprint density at radius 1 is 0.684 bits per heavy atom. The van der Waals surface area contributed by atoms with Crippen LogP contribution >= 0.6 is 0 Å². The number of fused-ring (bicyclic) bond motifs is 1. The van der Waals surface area contributed by atoms with Crippen molar-refractivity contribution in [1.82, 2.24) is 40.0 Å². The number of amides is 8. The maximum Gasteiger partial charge on any atom is 0.328 e. The van der Waals surface area contributed by atoms with Crippen LogP contribution in [-0.4, -0.2) is 193 Å². The van der Waals surface area contributed by atoms with Crippen LogP contribution in [-0.2, 0) is 59.0 Å². The highest BCUT2D eigenvalue weighted by molar-refractivity contribution is 6.00. The summed E-state index contributed by atoms with van der Waals surface area (Å²) in [6, 6.07) is 1.35. The van der Waals surface area contributed by atoms with Crippen molar-refractivity contribution in [2.24, 2.45) is 17.8 Å². The highest BCUT2D eigenvalue weighted by atomic mass is 16.5. The number of ether oxygens (including phenoxy) is 2. The lowest BCUT2D eigenvalue weighted by Crippen LogP contribution is -2.62. The van der Waals surface area contributed by atoms with E-state index < -0.39 is 120 Å². The minimum atomic E-state index is -1.35. The number of hydrogen-bond donors (Lipinski definition) is 2. The van der Waals surface area contributed by atoms with Crippen molar-refractivity contribution in [2.45, 2.75) is 181 Å². The van der Waals surface area contributed by atoms with Gasteiger partial charge < -0.3 is 49.5 Å². The van der Waals surface area contributed by atoms with E-state index in [4.69, 9.17) is 9.47 Å². The number of nitrogens with zero attached hydrogens (tertiary/aromatic N) is 6. The molecule has 1 saturated heterocycles. The van der Waals surface area contributed by atoms with Gasteiger partial charge in [-0.3, -0.25) is 38.4 Å². The fourth-order valence-corrected chi connectivity index (χ4v) is 10.2. The van der Waals surface area contributed by atoms with E-state index in [2.05, 4.69) is 22.8 Å². The van der Waals surface area contributed by atoms with Crippen LogP contribution in [0.3, 0.4) is 0 Å². The van der Waals surface area contributed by atoms with E-state index in [1.165, 1.54) is 78.6 Å². The van der Waals surface area contributed by atoms with Crippen molar-refractivity contribution in [2.75, 3.05) is 55.9 Å². The molecule has 0 radical (unpaired) electrons. The SMILES string of the molecule is CNC(=O)C[C@H]1C(=O)N(C)[C@H](C)C(=O)OC(C)CCCC=CCCC(OC)CC=CC=C(C)C(=O)N[C@H](C(C)C)C(=O)N(C)[C@@H](Cc2ccccc2)C(=O)N(C)[C@@H](C(C)C)C(=O)N(C)[C@@H](C(C)C)C(=O)N2CCC[C@H]2C(=O)N1C. The molecular formula is C60H94N8O11. The van der Waals surface area contributed by atoms with Crippen LogP contribution in [0.2, 0.25) is 0 Å². The van der Waals surface area contributed by atoms with Gasteiger partial charge in [0.05, 0.1) is 18.6 Å². The smallest absolute Gasteiger partial charge is 0.328 e. The predicted octanol–water partition coefficient (Wildman–Crippen LogP) is 5.32. The van der Waals surface area contributed by atoms with E-state index in [1.54, 1.807) is 60.8 Å². The summed E-state index contributed by atoms with van der Waals surface area (Å²) < 4.78 is 11.5. The van der Waals surface area contributed by atoms with Gasteiger partial charge in [-0.05, 0) is 95.5 Å². The number of hydrogen-bond acceptors (Lipinski definition) is 11. The Bertz CT molecular complexity index is 2340. The number of allylic oxidation sites excluding steroid dienone is 4. The number of methoxy groups -OCH3 is 1. The summed E-state index contributed by atoms with van der Waals surface area (Å²) >= 11 is 0. The highest BCUT2D eigenvalue weighted by Crippen LogP contribution is 2.27.